The van der Waals surface area contributed by atoms with Crippen LogP contribution in [-0.2, 0) is 6.61 Å². The lowest BCUT2D eigenvalue weighted by Crippen LogP contribution is -2.17. The highest BCUT2D eigenvalue weighted by Crippen LogP contribution is 2.23. The monoisotopic (exact) mass is 552 g/mol. The molecule has 1 N–H and O–H groups in total. The first-order valence-electron chi connectivity index (χ1n) is 11.0. The summed E-state index contributed by atoms with van der Waals surface area (Å²) in [6.07, 6.45) is 1.48. The normalized spacial score (nSPS) is 10.8. The molecule has 9 heteroatoms. The number of hydrogen-bond acceptors (Lipinski definition) is 5. The minimum absolute atomic E-state index is 0.206. The standard InChI is InChI=1S/C28H19Cl3N2O4/c29-21-7-1-19(2-8-21)17-36-23-12-5-20(6-13-23)27(34)33-32-16-18-3-10-24(11-4-18)37-28(35)25-14-9-22(30)15-26(25)31/h1-16H,17H2,(H,33,34)/b32-16-. The van der Waals surface area contributed by atoms with Crippen LogP contribution in [0.5, 0.6) is 11.5 Å². The van der Waals surface area contributed by atoms with Gasteiger partial charge in [-0.1, -0.05) is 46.9 Å². The van der Waals surface area contributed by atoms with Crippen molar-refractivity contribution < 1.29 is 19.1 Å². The molecule has 4 aromatic carbocycles. The van der Waals surface area contributed by atoms with E-state index in [2.05, 4.69) is 10.5 Å². The largest absolute Gasteiger partial charge is 0.489 e. The number of hydrogen-bond donors (Lipinski definition) is 1. The number of amides is 1. The minimum atomic E-state index is -0.600. The predicted octanol–water partition coefficient (Wildman–Crippen LogP) is 7.21. The first-order valence-corrected chi connectivity index (χ1v) is 12.1. The summed E-state index contributed by atoms with van der Waals surface area (Å²) in [6.45, 7) is 0.389. The maximum atomic E-state index is 12.4. The van der Waals surface area contributed by atoms with E-state index in [0.717, 1.165) is 5.56 Å². The van der Waals surface area contributed by atoms with E-state index in [1.165, 1.54) is 18.3 Å². The SMILES string of the molecule is O=C(N/N=C\c1ccc(OC(=O)c2ccc(Cl)cc2Cl)cc1)c1ccc(OCc2ccc(Cl)cc2)cc1. The molecule has 0 atom stereocenters. The van der Waals surface area contributed by atoms with Crippen molar-refractivity contribution in [3.05, 3.63) is 128 Å². The second kappa shape index (κ2) is 12.4. The average molecular weight is 554 g/mol. The van der Waals surface area contributed by atoms with Crippen LogP contribution in [0.3, 0.4) is 0 Å². The number of ether oxygens (including phenoxy) is 2. The Hall–Kier alpha value is -3.84. The van der Waals surface area contributed by atoms with E-state index < -0.39 is 5.97 Å². The van der Waals surface area contributed by atoms with Gasteiger partial charge in [0.1, 0.15) is 18.1 Å². The number of nitrogens with zero attached hydrogens (tertiary/aromatic N) is 1. The predicted molar refractivity (Wildman–Crippen MR) is 145 cm³/mol. The third-order valence-corrected chi connectivity index (χ3v) is 5.86. The van der Waals surface area contributed by atoms with E-state index >= 15 is 0 Å². The maximum absolute atomic E-state index is 12.4. The van der Waals surface area contributed by atoms with Crippen molar-refractivity contribution in [1.29, 1.82) is 0 Å². The van der Waals surface area contributed by atoms with E-state index in [-0.39, 0.29) is 16.5 Å². The molecule has 0 aromatic heterocycles. The lowest BCUT2D eigenvalue weighted by molar-refractivity contribution is 0.0734. The van der Waals surface area contributed by atoms with Crippen LogP contribution >= 0.6 is 34.8 Å². The van der Waals surface area contributed by atoms with Gasteiger partial charge in [-0.25, -0.2) is 10.2 Å². The fourth-order valence-corrected chi connectivity index (χ4v) is 3.73. The molecule has 1 amide bonds. The van der Waals surface area contributed by atoms with Gasteiger partial charge in [0.15, 0.2) is 0 Å². The van der Waals surface area contributed by atoms with Crippen LogP contribution < -0.4 is 14.9 Å². The topological polar surface area (TPSA) is 77.0 Å². The summed E-state index contributed by atoms with van der Waals surface area (Å²) in [6, 6.07) is 25.2. The van der Waals surface area contributed by atoms with Gasteiger partial charge in [0.25, 0.3) is 5.91 Å². The minimum Gasteiger partial charge on any atom is -0.489 e. The molecular formula is C28H19Cl3N2O4. The first-order chi connectivity index (χ1) is 17.9. The highest BCUT2D eigenvalue weighted by molar-refractivity contribution is 6.36. The second-order valence-corrected chi connectivity index (χ2v) is 9.00. The maximum Gasteiger partial charge on any atom is 0.345 e. The fourth-order valence-electron chi connectivity index (χ4n) is 3.12. The molecule has 0 spiro atoms. The van der Waals surface area contributed by atoms with Crippen molar-refractivity contribution in [1.82, 2.24) is 5.43 Å². The number of rotatable bonds is 8. The molecule has 186 valence electrons. The Morgan fingerprint density at radius 1 is 0.784 bits per heavy atom. The number of halogens is 3. The third-order valence-electron chi connectivity index (χ3n) is 5.06. The lowest BCUT2D eigenvalue weighted by atomic mass is 10.2. The first kappa shape index (κ1) is 26.2. The van der Waals surface area contributed by atoms with Gasteiger partial charge in [-0.15, -0.1) is 0 Å². The smallest absolute Gasteiger partial charge is 0.345 e. The quantitative estimate of drug-likeness (QED) is 0.108. The van der Waals surface area contributed by atoms with Gasteiger partial charge in [-0.05, 0) is 90.0 Å². The zero-order chi connectivity index (χ0) is 26.2. The number of hydrazone groups is 1. The van der Waals surface area contributed by atoms with Crippen molar-refractivity contribution in [3.8, 4) is 11.5 Å². The molecule has 37 heavy (non-hydrogen) atoms. The van der Waals surface area contributed by atoms with Crippen molar-refractivity contribution in [3.63, 3.8) is 0 Å². The number of carbonyl (C=O) groups is 2. The Morgan fingerprint density at radius 2 is 1.43 bits per heavy atom. The zero-order valence-electron chi connectivity index (χ0n) is 19.2. The molecule has 0 saturated heterocycles. The van der Waals surface area contributed by atoms with Gasteiger partial charge < -0.3 is 9.47 Å². The van der Waals surface area contributed by atoms with Gasteiger partial charge in [0.2, 0.25) is 0 Å². The Bertz CT molecular complexity index is 1420. The van der Waals surface area contributed by atoms with Gasteiger partial charge >= 0.3 is 5.97 Å². The van der Waals surface area contributed by atoms with Crippen LogP contribution in [0.1, 0.15) is 31.8 Å². The number of carbonyl (C=O) groups excluding carboxylic acids is 2. The summed E-state index contributed by atoms with van der Waals surface area (Å²) in [4.78, 5) is 24.7. The molecule has 0 aliphatic carbocycles. The molecule has 0 aliphatic rings. The number of benzene rings is 4. The molecule has 4 rings (SSSR count). The van der Waals surface area contributed by atoms with Gasteiger partial charge in [0.05, 0.1) is 16.8 Å². The molecule has 4 aromatic rings. The average Bonchev–Trinajstić information content (AvgIpc) is 2.89. The van der Waals surface area contributed by atoms with E-state index in [1.807, 2.05) is 12.1 Å². The van der Waals surface area contributed by atoms with Crippen LogP contribution in [0.15, 0.2) is 96.1 Å². The molecule has 0 bridgehead atoms. The Morgan fingerprint density at radius 3 is 2.11 bits per heavy atom. The van der Waals surface area contributed by atoms with E-state index in [1.54, 1.807) is 66.7 Å². The van der Waals surface area contributed by atoms with E-state index in [0.29, 0.717) is 39.3 Å². The molecule has 0 unspecified atom stereocenters. The molecular weight excluding hydrogens is 535 g/mol. The van der Waals surface area contributed by atoms with Crippen LogP contribution in [0.2, 0.25) is 15.1 Å². The summed E-state index contributed by atoms with van der Waals surface area (Å²) in [7, 11) is 0. The number of esters is 1. The Kier molecular flexibility index (Phi) is 8.80. The number of nitrogens with one attached hydrogen (secondary N) is 1. The lowest BCUT2D eigenvalue weighted by Gasteiger charge is -2.07. The molecule has 0 heterocycles. The van der Waals surface area contributed by atoms with Crippen molar-refractivity contribution >= 4 is 52.9 Å². The van der Waals surface area contributed by atoms with Crippen LogP contribution in [0.4, 0.5) is 0 Å². The Balaban J connectivity index is 1.26. The summed E-state index contributed by atoms with van der Waals surface area (Å²) in [5.41, 5.74) is 4.79. The van der Waals surface area contributed by atoms with Crippen LogP contribution in [0.25, 0.3) is 0 Å². The zero-order valence-corrected chi connectivity index (χ0v) is 21.4. The molecule has 0 aliphatic heterocycles. The van der Waals surface area contributed by atoms with Crippen molar-refractivity contribution in [2.24, 2.45) is 5.10 Å². The van der Waals surface area contributed by atoms with Gasteiger partial charge in [-0.3, -0.25) is 4.79 Å². The van der Waals surface area contributed by atoms with Crippen LogP contribution in [0, 0.1) is 0 Å². The highest BCUT2D eigenvalue weighted by atomic mass is 35.5. The molecule has 0 fully saturated rings. The van der Waals surface area contributed by atoms with Crippen molar-refractivity contribution in [2.45, 2.75) is 6.61 Å². The molecule has 0 saturated carbocycles. The fraction of sp³-hybridized carbons (Fsp3) is 0.0357. The summed E-state index contributed by atoms with van der Waals surface area (Å²) in [5, 5.41) is 5.27. The molecule has 0 radical (unpaired) electrons. The van der Waals surface area contributed by atoms with Crippen molar-refractivity contribution in [2.75, 3.05) is 0 Å². The summed E-state index contributed by atoms with van der Waals surface area (Å²) >= 11 is 17.8. The van der Waals surface area contributed by atoms with E-state index in [4.69, 9.17) is 44.3 Å². The second-order valence-electron chi connectivity index (χ2n) is 7.72. The highest BCUT2D eigenvalue weighted by Gasteiger charge is 2.13. The third kappa shape index (κ3) is 7.57. The summed E-state index contributed by atoms with van der Waals surface area (Å²) < 4.78 is 11.1. The summed E-state index contributed by atoms with van der Waals surface area (Å²) in [5.74, 6) is -0.00709. The van der Waals surface area contributed by atoms with E-state index in [9.17, 15) is 9.59 Å². The van der Waals surface area contributed by atoms with Gasteiger partial charge in [0, 0.05) is 15.6 Å². The molecule has 6 nitrogen and oxygen atoms in total. The Labute approximate surface area is 228 Å². The van der Waals surface area contributed by atoms with Crippen LogP contribution in [-0.4, -0.2) is 18.1 Å². The van der Waals surface area contributed by atoms with Gasteiger partial charge in [-0.2, -0.15) is 5.10 Å².